The van der Waals surface area contributed by atoms with Crippen molar-refractivity contribution in [2.24, 2.45) is 0 Å². The van der Waals surface area contributed by atoms with Gasteiger partial charge < -0.3 is 15.1 Å². The Morgan fingerprint density at radius 3 is 2.43 bits per heavy atom. The molecule has 0 spiro atoms. The Hall–Kier alpha value is -2.37. The molecule has 1 heterocycles. The number of fused-ring (bicyclic) bond motifs is 1. The van der Waals surface area contributed by atoms with E-state index in [4.69, 9.17) is 0 Å². The molecule has 1 saturated heterocycles. The molecule has 2 atom stereocenters. The lowest BCUT2D eigenvalue weighted by molar-refractivity contribution is 0.137. The number of amides is 2. The average Bonchev–Trinajstić information content (AvgIpc) is 2.79. The molecule has 1 aliphatic heterocycles. The Morgan fingerprint density at radius 1 is 1.03 bits per heavy atom. The van der Waals surface area contributed by atoms with Crippen molar-refractivity contribution < 1.29 is 4.79 Å². The quantitative estimate of drug-likeness (QED) is 0.829. The van der Waals surface area contributed by atoms with Crippen molar-refractivity contribution in [1.29, 1.82) is 0 Å². The summed E-state index contributed by atoms with van der Waals surface area (Å²) in [5.41, 5.74) is 3.98. The zero-order chi connectivity index (χ0) is 20.9. The molecule has 5 nitrogen and oxygen atoms in total. The van der Waals surface area contributed by atoms with E-state index in [9.17, 15) is 4.79 Å². The third-order valence-electron chi connectivity index (χ3n) is 6.73. The van der Waals surface area contributed by atoms with Crippen LogP contribution in [0.5, 0.6) is 0 Å². The molecule has 30 heavy (non-hydrogen) atoms. The van der Waals surface area contributed by atoms with Gasteiger partial charge in [0.2, 0.25) is 0 Å². The van der Waals surface area contributed by atoms with Gasteiger partial charge in [-0.25, -0.2) is 4.79 Å². The Labute approximate surface area is 180 Å². The number of urea groups is 1. The zero-order valence-electron chi connectivity index (χ0n) is 18.3. The highest BCUT2D eigenvalue weighted by Gasteiger charge is 2.27. The Morgan fingerprint density at radius 2 is 1.70 bits per heavy atom. The van der Waals surface area contributed by atoms with Crippen LogP contribution >= 0.6 is 0 Å². The Bertz CT molecular complexity index is 832. The summed E-state index contributed by atoms with van der Waals surface area (Å²) in [6, 6.07) is 19.3. The number of likely N-dealkylation sites (N-methyl/N-ethyl adjacent to an activating group) is 2. The number of aryl methyl sites for hydroxylation is 1. The van der Waals surface area contributed by atoms with Crippen LogP contribution < -0.4 is 5.32 Å². The number of carbonyl (C=O) groups is 1. The fourth-order valence-electron chi connectivity index (χ4n) is 4.63. The van der Waals surface area contributed by atoms with Crippen molar-refractivity contribution in [3.8, 4) is 0 Å². The largest absolute Gasteiger partial charge is 0.330 e. The molecule has 0 aromatic heterocycles. The maximum Gasteiger partial charge on any atom is 0.317 e. The fraction of sp³-hybridized carbons (Fsp3) is 0.480. The minimum atomic E-state index is 0.000401. The first-order chi connectivity index (χ1) is 14.6. The number of hydrogen-bond acceptors (Lipinski definition) is 3. The lowest BCUT2D eigenvalue weighted by Crippen LogP contribution is -2.51. The van der Waals surface area contributed by atoms with Crippen molar-refractivity contribution in [1.82, 2.24) is 20.0 Å². The van der Waals surface area contributed by atoms with Crippen molar-refractivity contribution in [3.63, 3.8) is 0 Å². The van der Waals surface area contributed by atoms with Crippen LogP contribution in [0.3, 0.4) is 0 Å². The summed E-state index contributed by atoms with van der Waals surface area (Å²) < 4.78 is 0. The van der Waals surface area contributed by atoms with Gasteiger partial charge in [-0.2, -0.15) is 0 Å². The minimum Gasteiger partial charge on any atom is -0.330 e. The van der Waals surface area contributed by atoms with Gasteiger partial charge in [-0.3, -0.25) is 4.90 Å². The van der Waals surface area contributed by atoms with Crippen LogP contribution in [0.1, 0.15) is 29.2 Å². The third kappa shape index (κ3) is 5.02. The fourth-order valence-corrected chi connectivity index (χ4v) is 4.63. The van der Waals surface area contributed by atoms with E-state index in [1.54, 1.807) is 0 Å². The minimum absolute atomic E-state index is 0.000401. The van der Waals surface area contributed by atoms with Crippen LogP contribution in [0, 0.1) is 0 Å². The second kappa shape index (κ2) is 9.63. The number of nitrogens with zero attached hydrogens (tertiary/aromatic N) is 3. The van der Waals surface area contributed by atoms with Crippen LogP contribution in [0.2, 0.25) is 0 Å². The monoisotopic (exact) mass is 406 g/mol. The first-order valence-corrected chi connectivity index (χ1v) is 11.2. The number of carbonyl (C=O) groups excluding carboxylic acids is 1. The maximum absolute atomic E-state index is 13.2. The van der Waals surface area contributed by atoms with Crippen LogP contribution in [0.25, 0.3) is 0 Å². The molecule has 2 aliphatic rings. The van der Waals surface area contributed by atoms with E-state index in [1.165, 1.54) is 16.7 Å². The second-order valence-electron chi connectivity index (χ2n) is 8.79. The summed E-state index contributed by atoms with van der Waals surface area (Å²) in [5, 5.41) is 3.34. The molecule has 0 radical (unpaired) electrons. The van der Waals surface area contributed by atoms with E-state index >= 15 is 0 Å². The molecule has 4 rings (SSSR count). The molecular weight excluding hydrogens is 372 g/mol. The number of benzene rings is 2. The maximum atomic E-state index is 13.2. The summed E-state index contributed by atoms with van der Waals surface area (Å²) in [7, 11) is 4.12. The highest BCUT2D eigenvalue weighted by molar-refractivity contribution is 5.75. The highest BCUT2D eigenvalue weighted by Crippen LogP contribution is 2.24. The van der Waals surface area contributed by atoms with E-state index in [0.29, 0.717) is 0 Å². The first-order valence-electron chi connectivity index (χ1n) is 11.2. The molecule has 0 saturated carbocycles. The van der Waals surface area contributed by atoms with Gasteiger partial charge in [0.15, 0.2) is 0 Å². The van der Waals surface area contributed by atoms with Gasteiger partial charge >= 0.3 is 6.03 Å². The SMILES string of the molecule is CN1CCN(CC(NC(=O)N(C)C2CCc3ccccc3C2)c2ccccc2)CC1. The molecule has 5 heteroatoms. The summed E-state index contributed by atoms with van der Waals surface area (Å²) in [4.78, 5) is 20.0. The van der Waals surface area contributed by atoms with E-state index in [1.807, 2.05) is 18.0 Å². The Balaban J connectivity index is 1.42. The topological polar surface area (TPSA) is 38.8 Å². The third-order valence-corrected chi connectivity index (χ3v) is 6.73. The molecule has 0 bridgehead atoms. The second-order valence-corrected chi connectivity index (χ2v) is 8.79. The molecule has 1 fully saturated rings. The van der Waals surface area contributed by atoms with Gasteiger partial charge in [0.25, 0.3) is 0 Å². The van der Waals surface area contributed by atoms with Gasteiger partial charge in [-0.1, -0.05) is 54.6 Å². The Kier molecular flexibility index (Phi) is 6.70. The van der Waals surface area contributed by atoms with Gasteiger partial charge in [0, 0.05) is 45.8 Å². The number of hydrogen-bond donors (Lipinski definition) is 1. The van der Waals surface area contributed by atoms with E-state index < -0.39 is 0 Å². The number of rotatable bonds is 5. The highest BCUT2D eigenvalue weighted by atomic mass is 16.2. The van der Waals surface area contributed by atoms with Crippen LogP contribution in [0.15, 0.2) is 54.6 Å². The predicted molar refractivity (Wildman–Crippen MR) is 122 cm³/mol. The summed E-state index contributed by atoms with van der Waals surface area (Å²) in [6.07, 6.45) is 3.01. The van der Waals surface area contributed by atoms with Crippen molar-refractivity contribution >= 4 is 6.03 Å². The number of piperazine rings is 1. The lowest BCUT2D eigenvalue weighted by atomic mass is 9.88. The zero-order valence-corrected chi connectivity index (χ0v) is 18.3. The summed E-state index contributed by atoms with van der Waals surface area (Å²) in [5.74, 6) is 0. The van der Waals surface area contributed by atoms with Gasteiger partial charge in [-0.05, 0) is 43.0 Å². The molecule has 1 aliphatic carbocycles. The van der Waals surface area contributed by atoms with E-state index in [2.05, 4.69) is 70.7 Å². The van der Waals surface area contributed by atoms with Crippen molar-refractivity contribution in [2.45, 2.75) is 31.3 Å². The van der Waals surface area contributed by atoms with Gasteiger partial charge in [-0.15, -0.1) is 0 Å². The van der Waals surface area contributed by atoms with E-state index in [-0.39, 0.29) is 18.1 Å². The molecule has 2 unspecified atom stereocenters. The number of nitrogens with one attached hydrogen (secondary N) is 1. The molecular formula is C25H34N4O. The summed E-state index contributed by atoms with van der Waals surface area (Å²) >= 11 is 0. The van der Waals surface area contributed by atoms with E-state index in [0.717, 1.165) is 52.0 Å². The molecule has 2 amide bonds. The smallest absolute Gasteiger partial charge is 0.317 e. The standard InChI is InChI=1S/C25H34N4O/c1-27-14-16-29(17-15-27)19-24(21-9-4-3-5-10-21)26-25(30)28(2)23-13-12-20-8-6-7-11-22(20)18-23/h3-11,23-24H,12-19H2,1-2H3,(H,26,30). The first kappa shape index (κ1) is 20.9. The summed E-state index contributed by atoms with van der Waals surface area (Å²) in [6.45, 7) is 5.11. The van der Waals surface area contributed by atoms with Crippen molar-refractivity contribution in [3.05, 3.63) is 71.3 Å². The van der Waals surface area contributed by atoms with Crippen LogP contribution in [0.4, 0.5) is 4.79 Å². The molecule has 1 N–H and O–H groups in total. The predicted octanol–water partition coefficient (Wildman–Crippen LogP) is 3.17. The lowest BCUT2D eigenvalue weighted by Gasteiger charge is -2.37. The molecule has 2 aromatic carbocycles. The molecule has 160 valence electrons. The van der Waals surface area contributed by atoms with Crippen molar-refractivity contribution in [2.75, 3.05) is 46.8 Å². The van der Waals surface area contributed by atoms with Crippen LogP contribution in [-0.2, 0) is 12.8 Å². The normalized spacial score (nSPS) is 20.9. The van der Waals surface area contributed by atoms with Gasteiger partial charge in [0.1, 0.15) is 0 Å². The van der Waals surface area contributed by atoms with Crippen LogP contribution in [-0.4, -0.2) is 73.6 Å². The molecule has 2 aromatic rings. The average molecular weight is 407 g/mol. The van der Waals surface area contributed by atoms with Gasteiger partial charge in [0.05, 0.1) is 6.04 Å².